The second kappa shape index (κ2) is 10.5. The average Bonchev–Trinajstić information content (AvgIpc) is 3.65. The first kappa shape index (κ1) is 25.2. The quantitative estimate of drug-likeness (QED) is 0.408. The second-order valence-corrected chi connectivity index (χ2v) is 10.4. The molecule has 2 heterocycles. The number of aromatic nitrogens is 3. The Labute approximate surface area is 215 Å². The summed E-state index contributed by atoms with van der Waals surface area (Å²) in [5, 5.41) is 6.21. The molecule has 0 bridgehead atoms. The number of halogens is 1. The Morgan fingerprint density at radius 2 is 1.76 bits per heavy atom. The zero-order chi connectivity index (χ0) is 26.1. The third-order valence-corrected chi connectivity index (χ3v) is 7.43. The van der Waals surface area contributed by atoms with Gasteiger partial charge in [0.2, 0.25) is 5.91 Å². The zero-order valence-corrected chi connectivity index (χ0v) is 21.6. The number of aryl methyl sites for hydroxylation is 2. The van der Waals surface area contributed by atoms with Crippen molar-refractivity contribution in [3.8, 4) is 17.0 Å². The van der Waals surface area contributed by atoms with Gasteiger partial charge in [0, 0.05) is 35.8 Å². The molecule has 5 rings (SSSR count). The number of benzene rings is 1. The second-order valence-electron chi connectivity index (χ2n) is 10.4. The first-order chi connectivity index (χ1) is 17.8. The minimum Gasteiger partial charge on any atom is -0.492 e. The number of hydrogen-bond acceptors (Lipinski definition) is 5. The van der Waals surface area contributed by atoms with Crippen molar-refractivity contribution in [3.05, 3.63) is 41.1 Å². The predicted molar refractivity (Wildman–Crippen MR) is 139 cm³/mol. The average molecular weight is 508 g/mol. The van der Waals surface area contributed by atoms with Crippen molar-refractivity contribution < 1.29 is 18.7 Å². The summed E-state index contributed by atoms with van der Waals surface area (Å²) in [6.07, 6.45) is 7.46. The molecule has 1 aromatic carbocycles. The van der Waals surface area contributed by atoms with Crippen LogP contribution in [0.15, 0.2) is 18.5 Å². The summed E-state index contributed by atoms with van der Waals surface area (Å²) in [6.45, 7) is 5.95. The SMILES string of the molecule is CCC(=O)N[C@H]1CC[C@@H](NC(=O)c2c(C)[nH]c3c(-c4cc(C)c(F)cc4OCC4CC4)ncnc23)CC1. The van der Waals surface area contributed by atoms with E-state index >= 15 is 0 Å². The van der Waals surface area contributed by atoms with E-state index in [0.717, 1.165) is 38.5 Å². The van der Waals surface area contributed by atoms with Gasteiger partial charge in [0.15, 0.2) is 0 Å². The smallest absolute Gasteiger partial charge is 0.255 e. The van der Waals surface area contributed by atoms with Gasteiger partial charge in [-0.25, -0.2) is 14.4 Å². The summed E-state index contributed by atoms with van der Waals surface area (Å²) in [7, 11) is 0. The Bertz CT molecular complexity index is 1330. The maximum absolute atomic E-state index is 14.4. The fraction of sp³-hybridized carbons (Fsp3) is 0.500. The molecular weight excluding hydrogens is 473 g/mol. The molecule has 2 saturated carbocycles. The molecule has 0 spiro atoms. The highest BCUT2D eigenvalue weighted by atomic mass is 19.1. The number of hydrogen-bond donors (Lipinski definition) is 3. The van der Waals surface area contributed by atoms with Gasteiger partial charge in [0.25, 0.3) is 5.91 Å². The van der Waals surface area contributed by atoms with E-state index in [1.807, 2.05) is 13.8 Å². The Balaban J connectivity index is 1.39. The number of rotatable bonds is 8. The standard InChI is InChI=1S/C28H34FN5O3/c1-4-23(35)33-18-7-9-19(10-8-18)34-28(36)24-16(3)32-27-25(30-14-31-26(24)27)20-11-15(2)21(29)12-22(20)37-13-17-5-6-17/h11-12,14,17-19,32H,4-10,13H2,1-3H3,(H,33,35)(H,34,36)/t18-,19+. The molecule has 2 aromatic heterocycles. The normalized spacial score (nSPS) is 19.6. The molecule has 0 atom stereocenters. The van der Waals surface area contributed by atoms with Crippen LogP contribution < -0.4 is 15.4 Å². The molecular formula is C28H34FN5O3. The van der Waals surface area contributed by atoms with Crippen LogP contribution in [0.4, 0.5) is 4.39 Å². The number of amides is 2. The minimum absolute atomic E-state index is 0.0371. The van der Waals surface area contributed by atoms with E-state index in [-0.39, 0.29) is 29.7 Å². The first-order valence-corrected chi connectivity index (χ1v) is 13.2. The van der Waals surface area contributed by atoms with Crippen LogP contribution in [0.3, 0.4) is 0 Å². The van der Waals surface area contributed by atoms with Crippen LogP contribution in [0.25, 0.3) is 22.3 Å². The summed E-state index contributed by atoms with van der Waals surface area (Å²) >= 11 is 0. The lowest BCUT2D eigenvalue weighted by Crippen LogP contribution is -2.43. The molecule has 2 aliphatic carbocycles. The number of H-pyrrole nitrogens is 1. The van der Waals surface area contributed by atoms with Gasteiger partial charge in [-0.15, -0.1) is 0 Å². The fourth-order valence-corrected chi connectivity index (χ4v) is 5.03. The van der Waals surface area contributed by atoms with Gasteiger partial charge in [0.1, 0.15) is 29.1 Å². The van der Waals surface area contributed by atoms with Gasteiger partial charge in [-0.2, -0.15) is 0 Å². The Hall–Kier alpha value is -3.49. The third-order valence-electron chi connectivity index (χ3n) is 7.43. The molecule has 2 aliphatic rings. The van der Waals surface area contributed by atoms with Crippen molar-refractivity contribution in [2.45, 2.75) is 77.8 Å². The van der Waals surface area contributed by atoms with E-state index in [2.05, 4.69) is 25.6 Å². The van der Waals surface area contributed by atoms with Crippen LogP contribution >= 0.6 is 0 Å². The fourth-order valence-electron chi connectivity index (χ4n) is 5.03. The minimum atomic E-state index is -0.327. The summed E-state index contributed by atoms with van der Waals surface area (Å²) in [5.74, 6) is 0.514. The summed E-state index contributed by atoms with van der Waals surface area (Å²) < 4.78 is 20.4. The number of fused-ring (bicyclic) bond motifs is 1. The van der Waals surface area contributed by atoms with Crippen LogP contribution in [-0.2, 0) is 4.79 Å². The molecule has 0 saturated heterocycles. The topological polar surface area (TPSA) is 109 Å². The molecule has 0 unspecified atom stereocenters. The molecule has 2 amide bonds. The van der Waals surface area contributed by atoms with E-state index < -0.39 is 0 Å². The Morgan fingerprint density at radius 1 is 1.05 bits per heavy atom. The lowest BCUT2D eigenvalue weighted by atomic mass is 9.91. The van der Waals surface area contributed by atoms with Gasteiger partial charge in [-0.1, -0.05) is 6.92 Å². The van der Waals surface area contributed by atoms with Crippen molar-refractivity contribution >= 4 is 22.8 Å². The number of nitrogens with zero attached hydrogens (tertiary/aromatic N) is 2. The van der Waals surface area contributed by atoms with Crippen molar-refractivity contribution in [1.82, 2.24) is 25.6 Å². The molecule has 196 valence electrons. The molecule has 37 heavy (non-hydrogen) atoms. The number of carbonyl (C=O) groups excluding carboxylic acids is 2. The Kier molecular flexibility index (Phi) is 7.13. The van der Waals surface area contributed by atoms with Crippen LogP contribution in [0, 0.1) is 25.6 Å². The van der Waals surface area contributed by atoms with Crippen LogP contribution in [0.2, 0.25) is 0 Å². The van der Waals surface area contributed by atoms with Gasteiger partial charge < -0.3 is 20.4 Å². The van der Waals surface area contributed by atoms with Gasteiger partial charge in [0.05, 0.1) is 17.7 Å². The van der Waals surface area contributed by atoms with Gasteiger partial charge in [-0.3, -0.25) is 9.59 Å². The van der Waals surface area contributed by atoms with E-state index in [1.165, 1.54) is 12.4 Å². The highest BCUT2D eigenvalue weighted by Crippen LogP contribution is 2.37. The summed E-state index contributed by atoms with van der Waals surface area (Å²) in [5.41, 5.74) is 4.07. The number of ether oxygens (including phenoxy) is 1. The van der Waals surface area contributed by atoms with E-state index in [1.54, 1.807) is 13.0 Å². The monoisotopic (exact) mass is 507 g/mol. The molecule has 3 aromatic rings. The molecule has 3 N–H and O–H groups in total. The molecule has 0 aliphatic heterocycles. The highest BCUT2D eigenvalue weighted by Gasteiger charge is 2.28. The number of carbonyl (C=O) groups is 2. The Morgan fingerprint density at radius 3 is 2.43 bits per heavy atom. The lowest BCUT2D eigenvalue weighted by molar-refractivity contribution is -0.121. The van der Waals surface area contributed by atoms with E-state index in [9.17, 15) is 14.0 Å². The van der Waals surface area contributed by atoms with Crippen LogP contribution in [0.1, 0.15) is 73.5 Å². The maximum Gasteiger partial charge on any atom is 0.255 e. The third kappa shape index (κ3) is 5.45. The van der Waals surface area contributed by atoms with Crippen molar-refractivity contribution in [1.29, 1.82) is 0 Å². The lowest BCUT2D eigenvalue weighted by Gasteiger charge is -2.29. The van der Waals surface area contributed by atoms with E-state index in [4.69, 9.17) is 4.74 Å². The summed E-state index contributed by atoms with van der Waals surface area (Å²) in [6, 6.07) is 3.37. The zero-order valence-electron chi connectivity index (χ0n) is 21.6. The highest BCUT2D eigenvalue weighted by molar-refractivity contribution is 6.09. The molecule has 9 heteroatoms. The number of nitrogens with one attached hydrogen (secondary N) is 3. The maximum atomic E-state index is 14.4. The predicted octanol–water partition coefficient (Wildman–Crippen LogP) is 4.74. The van der Waals surface area contributed by atoms with Crippen LogP contribution in [-0.4, -0.2) is 45.5 Å². The molecule has 0 radical (unpaired) electrons. The van der Waals surface area contributed by atoms with E-state index in [0.29, 0.717) is 63.8 Å². The molecule has 8 nitrogen and oxygen atoms in total. The van der Waals surface area contributed by atoms with Crippen molar-refractivity contribution in [2.24, 2.45) is 5.92 Å². The van der Waals surface area contributed by atoms with Crippen molar-refractivity contribution in [3.63, 3.8) is 0 Å². The van der Waals surface area contributed by atoms with Crippen molar-refractivity contribution in [2.75, 3.05) is 6.61 Å². The van der Waals surface area contributed by atoms with Gasteiger partial charge in [-0.05, 0) is 69.9 Å². The first-order valence-electron chi connectivity index (χ1n) is 13.2. The van der Waals surface area contributed by atoms with Crippen LogP contribution in [0.5, 0.6) is 5.75 Å². The van der Waals surface area contributed by atoms with Gasteiger partial charge >= 0.3 is 0 Å². The molecule has 2 fully saturated rings. The largest absolute Gasteiger partial charge is 0.492 e. The number of aromatic amines is 1. The summed E-state index contributed by atoms with van der Waals surface area (Å²) in [4.78, 5) is 37.3.